The Morgan fingerprint density at radius 3 is 2.06 bits per heavy atom. The van der Waals surface area contributed by atoms with Gasteiger partial charge in [0, 0.05) is 23.5 Å². The second-order valence-corrected chi connectivity index (χ2v) is 4.76. The summed E-state index contributed by atoms with van der Waals surface area (Å²) < 4.78 is 0. The molecular formula is C13H21N3. The molecule has 0 atom stereocenters. The lowest BCUT2D eigenvalue weighted by Crippen LogP contribution is -2.14. The highest BCUT2D eigenvalue weighted by Crippen LogP contribution is 2.52. The molecule has 1 N–H and O–H groups in total. The van der Waals surface area contributed by atoms with E-state index in [1.54, 1.807) is 0 Å². The van der Waals surface area contributed by atoms with Gasteiger partial charge in [0.1, 0.15) is 0 Å². The minimum atomic E-state index is 0.402. The third-order valence-electron chi connectivity index (χ3n) is 3.67. The number of hydrogen-bond donors (Lipinski definition) is 1. The summed E-state index contributed by atoms with van der Waals surface area (Å²) in [5, 5.41) is 3.18. The van der Waals surface area contributed by atoms with Gasteiger partial charge in [-0.05, 0) is 45.4 Å². The lowest BCUT2D eigenvalue weighted by Gasteiger charge is -2.18. The van der Waals surface area contributed by atoms with E-state index in [1.165, 1.54) is 24.8 Å². The van der Waals surface area contributed by atoms with E-state index >= 15 is 0 Å². The standard InChI is InChI=1S/C13H21N3/c1-5-13(7-8-13)11-9(3)15-12(14-6-2)16-10(11)4/h5-8H2,1-4H3,(H,14,15,16). The van der Waals surface area contributed by atoms with E-state index in [1.807, 2.05) is 0 Å². The van der Waals surface area contributed by atoms with Crippen molar-refractivity contribution in [2.75, 3.05) is 11.9 Å². The molecule has 1 heterocycles. The van der Waals surface area contributed by atoms with Gasteiger partial charge in [-0.25, -0.2) is 9.97 Å². The Hall–Kier alpha value is -1.12. The molecule has 0 spiro atoms. The Bertz CT molecular complexity index is 371. The van der Waals surface area contributed by atoms with Gasteiger partial charge in [-0.15, -0.1) is 0 Å². The van der Waals surface area contributed by atoms with Gasteiger partial charge in [0.15, 0.2) is 0 Å². The van der Waals surface area contributed by atoms with Crippen LogP contribution in [0.15, 0.2) is 0 Å². The van der Waals surface area contributed by atoms with E-state index in [9.17, 15) is 0 Å². The SMILES string of the molecule is CCNc1nc(C)c(C2(CC)CC2)c(C)n1. The molecule has 1 aromatic rings. The van der Waals surface area contributed by atoms with Gasteiger partial charge in [-0.2, -0.15) is 0 Å². The van der Waals surface area contributed by atoms with Crippen LogP contribution in [0.4, 0.5) is 5.95 Å². The minimum Gasteiger partial charge on any atom is -0.354 e. The first-order valence-electron chi connectivity index (χ1n) is 6.22. The van der Waals surface area contributed by atoms with Crippen LogP contribution in [-0.2, 0) is 5.41 Å². The summed E-state index contributed by atoms with van der Waals surface area (Å²) in [5.41, 5.74) is 4.11. The monoisotopic (exact) mass is 219 g/mol. The maximum Gasteiger partial charge on any atom is 0.223 e. The number of aromatic nitrogens is 2. The van der Waals surface area contributed by atoms with Crippen molar-refractivity contribution in [1.29, 1.82) is 0 Å². The van der Waals surface area contributed by atoms with Crippen molar-refractivity contribution in [2.24, 2.45) is 0 Å². The fourth-order valence-electron chi connectivity index (χ4n) is 2.65. The second kappa shape index (κ2) is 4.04. The largest absolute Gasteiger partial charge is 0.354 e. The average Bonchev–Trinajstić information content (AvgIpc) is 2.98. The first-order valence-corrected chi connectivity index (χ1v) is 6.22. The van der Waals surface area contributed by atoms with Crippen LogP contribution in [0, 0.1) is 13.8 Å². The summed E-state index contributed by atoms with van der Waals surface area (Å²) in [5.74, 6) is 0.771. The highest BCUT2D eigenvalue weighted by molar-refractivity contribution is 5.41. The molecule has 0 aliphatic heterocycles. The van der Waals surface area contributed by atoms with E-state index in [0.717, 1.165) is 23.9 Å². The minimum absolute atomic E-state index is 0.402. The van der Waals surface area contributed by atoms with Crippen molar-refractivity contribution in [3.05, 3.63) is 17.0 Å². The molecule has 1 fully saturated rings. The molecule has 1 aliphatic rings. The van der Waals surface area contributed by atoms with Crippen LogP contribution >= 0.6 is 0 Å². The van der Waals surface area contributed by atoms with E-state index in [-0.39, 0.29) is 0 Å². The van der Waals surface area contributed by atoms with Crippen LogP contribution in [0.1, 0.15) is 50.1 Å². The van der Waals surface area contributed by atoms with E-state index in [4.69, 9.17) is 0 Å². The van der Waals surface area contributed by atoms with Gasteiger partial charge in [0.25, 0.3) is 0 Å². The highest BCUT2D eigenvalue weighted by atomic mass is 15.1. The molecule has 0 unspecified atom stereocenters. The number of nitrogens with one attached hydrogen (secondary N) is 1. The Morgan fingerprint density at radius 2 is 1.69 bits per heavy atom. The third kappa shape index (κ3) is 1.79. The number of rotatable bonds is 4. The van der Waals surface area contributed by atoms with Gasteiger partial charge < -0.3 is 5.32 Å². The Labute approximate surface area is 97.7 Å². The van der Waals surface area contributed by atoms with Crippen molar-refractivity contribution in [2.45, 2.75) is 52.4 Å². The zero-order chi connectivity index (χ0) is 11.8. The molecule has 0 bridgehead atoms. The Balaban J connectivity index is 2.40. The second-order valence-electron chi connectivity index (χ2n) is 4.76. The molecule has 0 amide bonds. The number of nitrogens with zero attached hydrogens (tertiary/aromatic N) is 2. The van der Waals surface area contributed by atoms with Crippen LogP contribution in [0.3, 0.4) is 0 Å². The predicted molar refractivity (Wildman–Crippen MR) is 66.9 cm³/mol. The normalized spacial score (nSPS) is 17.2. The topological polar surface area (TPSA) is 37.8 Å². The zero-order valence-electron chi connectivity index (χ0n) is 10.7. The fourth-order valence-corrected chi connectivity index (χ4v) is 2.65. The summed E-state index contributed by atoms with van der Waals surface area (Å²) in [6, 6.07) is 0. The van der Waals surface area contributed by atoms with Crippen molar-refractivity contribution in [1.82, 2.24) is 9.97 Å². The van der Waals surface area contributed by atoms with Crippen molar-refractivity contribution >= 4 is 5.95 Å². The molecule has 1 aliphatic carbocycles. The molecular weight excluding hydrogens is 198 g/mol. The molecule has 88 valence electrons. The maximum absolute atomic E-state index is 4.56. The lowest BCUT2D eigenvalue weighted by molar-refractivity contribution is 0.643. The smallest absolute Gasteiger partial charge is 0.223 e. The first-order chi connectivity index (χ1) is 7.63. The lowest BCUT2D eigenvalue weighted by atomic mass is 9.91. The summed E-state index contributed by atoms with van der Waals surface area (Å²) in [6.07, 6.45) is 3.81. The molecule has 3 nitrogen and oxygen atoms in total. The van der Waals surface area contributed by atoms with Gasteiger partial charge in [0.2, 0.25) is 5.95 Å². The molecule has 0 aromatic carbocycles. The zero-order valence-corrected chi connectivity index (χ0v) is 10.7. The maximum atomic E-state index is 4.56. The van der Waals surface area contributed by atoms with Crippen LogP contribution in [0.25, 0.3) is 0 Å². The quantitative estimate of drug-likeness (QED) is 0.846. The summed E-state index contributed by atoms with van der Waals surface area (Å²) in [7, 11) is 0. The molecule has 2 rings (SSSR count). The number of anilines is 1. The van der Waals surface area contributed by atoms with Crippen LogP contribution in [0.5, 0.6) is 0 Å². The van der Waals surface area contributed by atoms with Crippen LogP contribution < -0.4 is 5.32 Å². The van der Waals surface area contributed by atoms with Crippen molar-refractivity contribution in [3.8, 4) is 0 Å². The van der Waals surface area contributed by atoms with E-state index in [0.29, 0.717) is 5.41 Å². The molecule has 1 aromatic heterocycles. The fraction of sp³-hybridized carbons (Fsp3) is 0.692. The van der Waals surface area contributed by atoms with Crippen molar-refractivity contribution in [3.63, 3.8) is 0 Å². The number of aryl methyl sites for hydroxylation is 2. The van der Waals surface area contributed by atoms with Gasteiger partial charge in [-0.1, -0.05) is 6.92 Å². The molecule has 0 radical (unpaired) electrons. The Morgan fingerprint density at radius 1 is 1.12 bits per heavy atom. The van der Waals surface area contributed by atoms with Crippen LogP contribution in [-0.4, -0.2) is 16.5 Å². The van der Waals surface area contributed by atoms with Gasteiger partial charge >= 0.3 is 0 Å². The van der Waals surface area contributed by atoms with Gasteiger partial charge in [0.05, 0.1) is 0 Å². The van der Waals surface area contributed by atoms with Crippen LogP contribution in [0.2, 0.25) is 0 Å². The Kier molecular flexibility index (Phi) is 2.87. The molecule has 3 heteroatoms. The summed E-state index contributed by atoms with van der Waals surface area (Å²) in [6.45, 7) is 9.43. The molecule has 1 saturated carbocycles. The van der Waals surface area contributed by atoms with Crippen molar-refractivity contribution < 1.29 is 0 Å². The summed E-state index contributed by atoms with van der Waals surface area (Å²) >= 11 is 0. The molecule has 16 heavy (non-hydrogen) atoms. The third-order valence-corrected chi connectivity index (χ3v) is 3.67. The van der Waals surface area contributed by atoms with Gasteiger partial charge in [-0.3, -0.25) is 0 Å². The predicted octanol–water partition coefficient (Wildman–Crippen LogP) is 2.97. The first kappa shape index (κ1) is 11.4. The average molecular weight is 219 g/mol. The summed E-state index contributed by atoms with van der Waals surface area (Å²) in [4.78, 5) is 9.11. The van der Waals surface area contributed by atoms with E-state index < -0.39 is 0 Å². The number of hydrogen-bond acceptors (Lipinski definition) is 3. The van der Waals surface area contributed by atoms with E-state index in [2.05, 4.69) is 43.0 Å². The molecule has 0 saturated heterocycles. The highest BCUT2D eigenvalue weighted by Gasteiger charge is 2.45.